The molecule has 1 atom stereocenters. The molecule has 1 aromatic carbocycles. The first-order valence-electron chi connectivity index (χ1n) is 8.03. The molecule has 0 spiro atoms. The molecular weight excluding hydrogens is 305 g/mol. The summed E-state index contributed by atoms with van der Waals surface area (Å²) in [7, 11) is 0. The zero-order valence-electron chi connectivity index (χ0n) is 13.3. The van der Waals surface area contributed by atoms with Crippen LogP contribution >= 0.6 is 0 Å². The molecule has 1 heterocycles. The van der Waals surface area contributed by atoms with Crippen molar-refractivity contribution in [2.45, 2.75) is 63.8 Å². The number of hydrogen-bond donors (Lipinski definition) is 2. The number of benzene rings is 1. The summed E-state index contributed by atoms with van der Waals surface area (Å²) in [6.45, 7) is 4.00. The van der Waals surface area contributed by atoms with Crippen LogP contribution in [0.5, 0.6) is 0 Å². The minimum Gasteiger partial charge on any atom is -0.348 e. The second kappa shape index (κ2) is 5.51. The van der Waals surface area contributed by atoms with Crippen LogP contribution in [-0.4, -0.2) is 11.4 Å². The minimum absolute atomic E-state index is 0.0135. The van der Waals surface area contributed by atoms with Crippen molar-refractivity contribution in [2.24, 2.45) is 0 Å². The zero-order valence-corrected chi connectivity index (χ0v) is 13.3. The van der Waals surface area contributed by atoms with E-state index in [1.165, 1.54) is 6.07 Å². The van der Waals surface area contributed by atoms with E-state index in [4.69, 9.17) is 0 Å². The van der Waals surface area contributed by atoms with Crippen LogP contribution in [0.3, 0.4) is 0 Å². The Morgan fingerprint density at radius 2 is 2.04 bits per heavy atom. The number of amides is 1. The second-order valence-electron chi connectivity index (χ2n) is 6.79. The number of carbonyl (C=O) groups excluding carboxylic acids is 1. The molecule has 1 aliphatic carbocycles. The summed E-state index contributed by atoms with van der Waals surface area (Å²) in [4.78, 5) is 11.9. The Morgan fingerprint density at radius 1 is 1.35 bits per heavy atom. The number of halogens is 3. The molecule has 3 rings (SSSR count). The molecule has 0 unspecified atom stereocenters. The van der Waals surface area contributed by atoms with E-state index in [0.29, 0.717) is 12.0 Å². The van der Waals surface area contributed by atoms with Crippen molar-refractivity contribution in [3.8, 4) is 0 Å². The van der Waals surface area contributed by atoms with Crippen LogP contribution in [-0.2, 0) is 12.7 Å². The molecule has 1 amide bonds. The predicted molar refractivity (Wildman–Crippen MR) is 81.0 cm³/mol. The lowest BCUT2D eigenvalue weighted by atomic mass is 9.77. The maximum Gasteiger partial charge on any atom is 0.416 e. The standard InChI is InChI=1S/C17H21F3N2O/c1-3-14(22-16(2)5-4-6-16)10-7-11-12(9-21-15(11)23)13(8-10)17(18,19)20/h7-8,14,22H,3-6,9H2,1-2H3,(H,21,23)/t14-/m1/s1. The number of alkyl halides is 3. The van der Waals surface area contributed by atoms with Gasteiger partial charge in [0.05, 0.1) is 5.56 Å². The lowest BCUT2D eigenvalue weighted by molar-refractivity contribution is -0.138. The maximum absolute atomic E-state index is 13.4. The molecule has 0 bridgehead atoms. The highest BCUT2D eigenvalue weighted by Crippen LogP contribution is 2.39. The van der Waals surface area contributed by atoms with E-state index in [1.54, 1.807) is 6.07 Å². The quantitative estimate of drug-likeness (QED) is 0.880. The van der Waals surface area contributed by atoms with Gasteiger partial charge in [0, 0.05) is 23.7 Å². The van der Waals surface area contributed by atoms with Gasteiger partial charge in [-0.25, -0.2) is 0 Å². The molecule has 2 N–H and O–H groups in total. The minimum atomic E-state index is -4.45. The van der Waals surface area contributed by atoms with Gasteiger partial charge in [-0.3, -0.25) is 4.79 Å². The first-order valence-corrected chi connectivity index (χ1v) is 8.03. The second-order valence-corrected chi connectivity index (χ2v) is 6.79. The number of fused-ring (bicyclic) bond motifs is 1. The summed E-state index contributed by atoms with van der Waals surface area (Å²) in [5.74, 6) is -0.419. The van der Waals surface area contributed by atoms with Crippen LogP contribution < -0.4 is 10.6 Å². The Bertz CT molecular complexity index is 635. The van der Waals surface area contributed by atoms with Crippen LogP contribution in [0.2, 0.25) is 0 Å². The molecule has 0 saturated heterocycles. The highest BCUT2D eigenvalue weighted by molar-refractivity contribution is 5.99. The van der Waals surface area contributed by atoms with Crippen molar-refractivity contribution < 1.29 is 18.0 Å². The van der Waals surface area contributed by atoms with Crippen LogP contribution in [0.25, 0.3) is 0 Å². The monoisotopic (exact) mass is 326 g/mol. The van der Waals surface area contributed by atoms with E-state index in [0.717, 1.165) is 19.3 Å². The zero-order chi connectivity index (χ0) is 16.8. The Morgan fingerprint density at radius 3 is 2.57 bits per heavy atom. The fourth-order valence-electron chi connectivity index (χ4n) is 3.50. The predicted octanol–water partition coefficient (Wildman–Crippen LogP) is 3.93. The fraction of sp³-hybridized carbons (Fsp3) is 0.588. The molecular formula is C17H21F3N2O. The normalized spacial score (nSPS) is 20.7. The van der Waals surface area contributed by atoms with Gasteiger partial charge in [0.15, 0.2) is 0 Å². The maximum atomic E-state index is 13.4. The van der Waals surface area contributed by atoms with Crippen LogP contribution in [0.1, 0.15) is 72.6 Å². The summed E-state index contributed by atoms with van der Waals surface area (Å²) in [6.07, 6.45) is -0.583. The highest BCUT2D eigenvalue weighted by Gasteiger charge is 2.39. The molecule has 23 heavy (non-hydrogen) atoms. The van der Waals surface area contributed by atoms with E-state index in [9.17, 15) is 18.0 Å². The lowest BCUT2D eigenvalue weighted by Gasteiger charge is -2.42. The average molecular weight is 326 g/mol. The van der Waals surface area contributed by atoms with Gasteiger partial charge >= 0.3 is 6.18 Å². The summed E-state index contributed by atoms with van der Waals surface area (Å²) < 4.78 is 40.1. The third-order valence-corrected chi connectivity index (χ3v) is 5.04. The van der Waals surface area contributed by atoms with Crippen molar-refractivity contribution in [2.75, 3.05) is 0 Å². The highest BCUT2D eigenvalue weighted by atomic mass is 19.4. The largest absolute Gasteiger partial charge is 0.416 e. The molecule has 6 heteroatoms. The van der Waals surface area contributed by atoms with Crippen molar-refractivity contribution in [3.63, 3.8) is 0 Å². The Labute approximate surface area is 133 Å². The van der Waals surface area contributed by atoms with E-state index >= 15 is 0 Å². The average Bonchev–Trinajstić information content (AvgIpc) is 2.82. The third kappa shape index (κ3) is 2.96. The molecule has 0 aromatic heterocycles. The van der Waals surface area contributed by atoms with Gasteiger partial charge in [-0.2, -0.15) is 13.2 Å². The van der Waals surface area contributed by atoms with E-state index < -0.39 is 17.6 Å². The summed E-state index contributed by atoms with van der Waals surface area (Å²) >= 11 is 0. The van der Waals surface area contributed by atoms with Crippen molar-refractivity contribution in [1.82, 2.24) is 10.6 Å². The van der Waals surface area contributed by atoms with Gasteiger partial charge in [-0.1, -0.05) is 6.92 Å². The van der Waals surface area contributed by atoms with Crippen LogP contribution in [0.4, 0.5) is 13.2 Å². The molecule has 2 aliphatic rings. The number of nitrogens with one attached hydrogen (secondary N) is 2. The molecule has 0 radical (unpaired) electrons. The van der Waals surface area contributed by atoms with E-state index in [-0.39, 0.29) is 29.3 Å². The number of rotatable bonds is 4. The summed E-state index contributed by atoms with van der Waals surface area (Å²) in [5, 5.41) is 5.97. The Hall–Kier alpha value is -1.56. The molecule has 3 nitrogen and oxygen atoms in total. The molecule has 1 aliphatic heterocycles. The summed E-state index contributed by atoms with van der Waals surface area (Å²) in [5.41, 5.74) is 0.0660. The van der Waals surface area contributed by atoms with Gasteiger partial charge in [-0.05, 0) is 55.9 Å². The first kappa shape index (κ1) is 16.3. The topological polar surface area (TPSA) is 41.1 Å². The lowest BCUT2D eigenvalue weighted by Crippen LogP contribution is -2.49. The fourth-order valence-corrected chi connectivity index (χ4v) is 3.50. The van der Waals surface area contributed by atoms with Gasteiger partial charge < -0.3 is 10.6 Å². The molecule has 1 fully saturated rings. The van der Waals surface area contributed by atoms with Gasteiger partial charge in [0.1, 0.15) is 0 Å². The summed E-state index contributed by atoms with van der Waals surface area (Å²) in [6, 6.07) is 2.65. The number of carbonyl (C=O) groups is 1. The Balaban J connectivity index is 2.01. The molecule has 126 valence electrons. The van der Waals surface area contributed by atoms with Gasteiger partial charge in [0.2, 0.25) is 0 Å². The van der Waals surface area contributed by atoms with E-state index in [1.807, 2.05) is 6.92 Å². The van der Waals surface area contributed by atoms with Crippen molar-refractivity contribution in [3.05, 3.63) is 34.4 Å². The van der Waals surface area contributed by atoms with Crippen molar-refractivity contribution >= 4 is 5.91 Å². The molecule has 1 saturated carbocycles. The number of hydrogen-bond acceptors (Lipinski definition) is 2. The van der Waals surface area contributed by atoms with Gasteiger partial charge in [0.25, 0.3) is 5.91 Å². The SMILES string of the molecule is CC[C@@H](NC1(C)CCC1)c1cc2c(c(C(F)(F)F)c1)CNC2=O. The molecule has 1 aromatic rings. The Kier molecular flexibility index (Phi) is 3.91. The van der Waals surface area contributed by atoms with Gasteiger partial charge in [-0.15, -0.1) is 0 Å². The van der Waals surface area contributed by atoms with Crippen molar-refractivity contribution in [1.29, 1.82) is 0 Å². The van der Waals surface area contributed by atoms with Crippen LogP contribution in [0, 0.1) is 0 Å². The van der Waals surface area contributed by atoms with Crippen LogP contribution in [0.15, 0.2) is 12.1 Å². The smallest absolute Gasteiger partial charge is 0.348 e. The van der Waals surface area contributed by atoms with E-state index in [2.05, 4.69) is 17.6 Å². The first-order chi connectivity index (χ1) is 10.7. The third-order valence-electron chi connectivity index (χ3n) is 5.04.